The van der Waals surface area contributed by atoms with Crippen molar-refractivity contribution in [2.75, 3.05) is 31.6 Å². The van der Waals surface area contributed by atoms with Crippen LogP contribution in [0.2, 0.25) is 5.02 Å². The lowest BCUT2D eigenvalue weighted by Gasteiger charge is -2.17. The lowest BCUT2D eigenvalue weighted by atomic mass is 9.95. The molecule has 204 valence electrons. The summed E-state index contributed by atoms with van der Waals surface area (Å²) in [6.07, 6.45) is 7.86. The van der Waals surface area contributed by atoms with E-state index >= 15 is 0 Å². The minimum absolute atomic E-state index is 0.00773. The van der Waals surface area contributed by atoms with Crippen molar-refractivity contribution in [3.8, 4) is 11.5 Å². The van der Waals surface area contributed by atoms with Crippen LogP contribution in [-0.2, 0) is 17.6 Å². The van der Waals surface area contributed by atoms with Crippen molar-refractivity contribution in [1.82, 2.24) is 4.90 Å². The molecule has 2 aromatic carbocycles. The van der Waals surface area contributed by atoms with Gasteiger partial charge in [0.2, 0.25) is 0 Å². The van der Waals surface area contributed by atoms with E-state index in [2.05, 4.69) is 5.32 Å². The number of thiophene rings is 1. The van der Waals surface area contributed by atoms with Crippen LogP contribution in [0.25, 0.3) is 0 Å². The van der Waals surface area contributed by atoms with E-state index < -0.39 is 0 Å². The van der Waals surface area contributed by atoms with E-state index in [0.29, 0.717) is 39.4 Å². The van der Waals surface area contributed by atoms with Crippen molar-refractivity contribution in [2.45, 2.75) is 45.4 Å². The van der Waals surface area contributed by atoms with Gasteiger partial charge in [-0.25, -0.2) is 4.99 Å². The number of hydrogen-bond donors (Lipinski definition) is 1. The first-order valence-electron chi connectivity index (χ1n) is 13.4. The van der Waals surface area contributed by atoms with E-state index in [4.69, 9.17) is 26.1 Å². The number of aryl methyl sites for hydroxylation is 1. The fraction of sp³-hybridized carbons (Fsp3) is 0.367. The summed E-state index contributed by atoms with van der Waals surface area (Å²) in [4.78, 5) is 33.6. The number of fused-ring (bicyclic) bond motifs is 1. The predicted molar refractivity (Wildman–Crippen MR) is 157 cm³/mol. The summed E-state index contributed by atoms with van der Waals surface area (Å²) in [6, 6.07) is 12.6. The summed E-state index contributed by atoms with van der Waals surface area (Å²) in [5, 5.41) is 4.32. The Kier molecular flexibility index (Phi) is 8.84. The van der Waals surface area contributed by atoms with Gasteiger partial charge in [0.25, 0.3) is 11.8 Å². The highest BCUT2D eigenvalue weighted by Gasteiger charge is 2.25. The minimum Gasteiger partial charge on any atom is -0.490 e. The molecule has 0 saturated carbocycles. The number of aliphatic imine (C=N–C) groups is 1. The van der Waals surface area contributed by atoms with Gasteiger partial charge in [0, 0.05) is 34.9 Å². The van der Waals surface area contributed by atoms with Gasteiger partial charge in [-0.15, -0.1) is 11.3 Å². The number of halogens is 1. The topological polar surface area (TPSA) is 80.2 Å². The average molecular weight is 566 g/mol. The first kappa shape index (κ1) is 27.2. The second-order valence-corrected chi connectivity index (χ2v) is 11.1. The van der Waals surface area contributed by atoms with Crippen molar-refractivity contribution < 1.29 is 19.1 Å². The van der Waals surface area contributed by atoms with Crippen LogP contribution in [0.4, 0.5) is 10.7 Å². The molecule has 1 saturated heterocycles. The monoisotopic (exact) mass is 565 g/mol. The number of anilines is 1. The van der Waals surface area contributed by atoms with Gasteiger partial charge >= 0.3 is 0 Å². The van der Waals surface area contributed by atoms with Crippen molar-refractivity contribution >= 4 is 51.7 Å². The highest BCUT2D eigenvalue weighted by atomic mass is 35.5. The Morgan fingerprint density at radius 3 is 2.56 bits per heavy atom. The molecule has 1 fully saturated rings. The van der Waals surface area contributed by atoms with E-state index in [9.17, 15) is 9.59 Å². The summed E-state index contributed by atoms with van der Waals surface area (Å²) < 4.78 is 11.6. The summed E-state index contributed by atoms with van der Waals surface area (Å²) in [5.74, 6) is 0.912. The Morgan fingerprint density at radius 2 is 1.79 bits per heavy atom. The average Bonchev–Trinajstić information content (AvgIpc) is 3.61. The maximum atomic E-state index is 13.4. The SMILES string of the molecule is CCOc1cc(C=Nc2sc3c(c2C(=O)Nc2ccc(Cl)cc2)CCCC3)ccc1OCC(=O)N1CCCC1. The van der Waals surface area contributed by atoms with Crippen LogP contribution in [0.15, 0.2) is 47.5 Å². The number of carbonyl (C=O) groups is 2. The number of rotatable bonds is 9. The molecule has 1 N–H and O–H groups in total. The number of carbonyl (C=O) groups excluding carboxylic acids is 2. The fourth-order valence-electron chi connectivity index (χ4n) is 4.93. The summed E-state index contributed by atoms with van der Waals surface area (Å²) in [7, 11) is 0. The van der Waals surface area contributed by atoms with Crippen LogP contribution >= 0.6 is 22.9 Å². The molecule has 0 radical (unpaired) electrons. The zero-order valence-electron chi connectivity index (χ0n) is 22.0. The molecule has 7 nitrogen and oxygen atoms in total. The second-order valence-electron chi connectivity index (χ2n) is 9.63. The maximum absolute atomic E-state index is 13.4. The Hall–Kier alpha value is -3.36. The molecule has 39 heavy (non-hydrogen) atoms. The van der Waals surface area contributed by atoms with Crippen molar-refractivity contribution in [3.05, 3.63) is 69.1 Å². The molecule has 9 heteroatoms. The van der Waals surface area contributed by atoms with Crippen LogP contribution in [0.1, 0.15) is 59.0 Å². The molecular formula is C30H32ClN3O4S. The molecule has 5 rings (SSSR count). The standard InChI is InChI=1S/C30H32ClN3O4S/c1-2-37-25-17-20(9-14-24(25)38-19-27(35)34-15-5-6-16-34)18-32-30-28(23-7-3-4-8-26(23)39-30)29(36)33-22-12-10-21(31)11-13-22/h9-14,17-18H,2-8,15-16,19H2,1H3,(H,33,36). The highest BCUT2D eigenvalue weighted by molar-refractivity contribution is 7.16. The Bertz CT molecular complexity index is 1360. The summed E-state index contributed by atoms with van der Waals surface area (Å²) >= 11 is 7.59. The molecule has 2 aliphatic rings. The van der Waals surface area contributed by atoms with Gasteiger partial charge in [-0.05, 0) is 99.0 Å². The van der Waals surface area contributed by atoms with Gasteiger partial charge < -0.3 is 19.7 Å². The number of ether oxygens (including phenoxy) is 2. The van der Waals surface area contributed by atoms with Crippen molar-refractivity contribution in [3.63, 3.8) is 0 Å². The van der Waals surface area contributed by atoms with Crippen LogP contribution in [0.3, 0.4) is 0 Å². The number of likely N-dealkylation sites (tertiary alicyclic amines) is 1. The number of hydrogen-bond acceptors (Lipinski definition) is 6. The normalized spacial score (nSPS) is 14.9. The molecule has 0 unspecified atom stereocenters. The lowest BCUT2D eigenvalue weighted by Crippen LogP contribution is -2.32. The molecule has 2 amide bonds. The van der Waals surface area contributed by atoms with E-state index in [1.54, 1.807) is 47.9 Å². The zero-order chi connectivity index (χ0) is 27.2. The summed E-state index contributed by atoms with van der Waals surface area (Å²) in [6.45, 7) is 3.94. The number of nitrogens with zero attached hydrogens (tertiary/aromatic N) is 2. The van der Waals surface area contributed by atoms with Crippen LogP contribution in [0, 0.1) is 0 Å². The molecule has 0 atom stereocenters. The van der Waals surface area contributed by atoms with Gasteiger partial charge in [0.1, 0.15) is 5.00 Å². The van der Waals surface area contributed by atoms with Crippen molar-refractivity contribution in [1.29, 1.82) is 0 Å². The van der Waals surface area contributed by atoms with Crippen LogP contribution in [0.5, 0.6) is 11.5 Å². The van der Waals surface area contributed by atoms with Gasteiger partial charge in [-0.2, -0.15) is 0 Å². The molecule has 0 bridgehead atoms. The lowest BCUT2D eigenvalue weighted by molar-refractivity contribution is -0.132. The van der Waals surface area contributed by atoms with Crippen molar-refractivity contribution in [2.24, 2.45) is 4.99 Å². The first-order valence-corrected chi connectivity index (χ1v) is 14.6. The zero-order valence-corrected chi connectivity index (χ0v) is 23.6. The molecular weight excluding hydrogens is 534 g/mol. The molecule has 1 aliphatic carbocycles. The molecule has 1 aromatic heterocycles. The third kappa shape index (κ3) is 6.62. The molecule has 2 heterocycles. The van der Waals surface area contributed by atoms with E-state index in [0.717, 1.165) is 62.7 Å². The second kappa shape index (κ2) is 12.7. The highest BCUT2D eigenvalue weighted by Crippen LogP contribution is 2.40. The van der Waals surface area contributed by atoms with Gasteiger partial charge in [-0.3, -0.25) is 9.59 Å². The Labute approximate surface area is 237 Å². The quantitative estimate of drug-likeness (QED) is 0.293. The summed E-state index contributed by atoms with van der Waals surface area (Å²) in [5.41, 5.74) is 3.25. The number of amides is 2. The largest absolute Gasteiger partial charge is 0.490 e. The molecule has 0 spiro atoms. The number of nitrogens with one attached hydrogen (secondary N) is 1. The predicted octanol–water partition coefficient (Wildman–Crippen LogP) is 6.68. The third-order valence-electron chi connectivity index (χ3n) is 6.89. The molecule has 3 aromatic rings. The van der Waals surface area contributed by atoms with Crippen LogP contribution in [-0.4, -0.2) is 49.2 Å². The van der Waals surface area contributed by atoms with E-state index in [1.165, 1.54) is 4.88 Å². The van der Waals surface area contributed by atoms with Crippen LogP contribution < -0.4 is 14.8 Å². The van der Waals surface area contributed by atoms with Gasteiger partial charge in [0.15, 0.2) is 18.1 Å². The Morgan fingerprint density at radius 1 is 1.03 bits per heavy atom. The minimum atomic E-state index is -0.162. The first-order chi connectivity index (χ1) is 19.0. The molecule has 1 aliphatic heterocycles. The smallest absolute Gasteiger partial charge is 0.260 e. The fourth-order valence-corrected chi connectivity index (χ4v) is 6.28. The third-order valence-corrected chi connectivity index (χ3v) is 8.34. The Balaban J connectivity index is 1.36. The van der Waals surface area contributed by atoms with Gasteiger partial charge in [0.05, 0.1) is 12.2 Å². The van der Waals surface area contributed by atoms with E-state index in [1.807, 2.05) is 24.0 Å². The number of benzene rings is 2. The van der Waals surface area contributed by atoms with Gasteiger partial charge in [-0.1, -0.05) is 11.6 Å². The maximum Gasteiger partial charge on any atom is 0.260 e. The van der Waals surface area contributed by atoms with E-state index in [-0.39, 0.29) is 18.4 Å².